The summed E-state index contributed by atoms with van der Waals surface area (Å²) in [5.74, 6) is -0.349. The van der Waals surface area contributed by atoms with Gasteiger partial charge in [0.25, 0.3) is 0 Å². The highest BCUT2D eigenvalue weighted by atomic mass is 32.2. The summed E-state index contributed by atoms with van der Waals surface area (Å²) in [6.45, 7) is 6.24. The molecule has 1 saturated carbocycles. The summed E-state index contributed by atoms with van der Waals surface area (Å²) >= 11 is 0. The van der Waals surface area contributed by atoms with Crippen LogP contribution in [0.4, 0.5) is 0 Å². The first kappa shape index (κ1) is 26.6. The summed E-state index contributed by atoms with van der Waals surface area (Å²) in [7, 11) is -3.95. The van der Waals surface area contributed by atoms with Crippen molar-refractivity contribution in [2.24, 2.45) is 5.73 Å². The fourth-order valence-corrected chi connectivity index (χ4v) is 5.82. The van der Waals surface area contributed by atoms with Gasteiger partial charge in [-0.25, -0.2) is 8.42 Å². The molecule has 8 heteroatoms. The number of carbonyl (C=O) groups is 1. The van der Waals surface area contributed by atoms with Gasteiger partial charge in [0.05, 0.1) is 4.90 Å². The molecule has 1 atom stereocenters. The molecule has 7 nitrogen and oxygen atoms in total. The molecular weight excluding hydrogens is 460 g/mol. The van der Waals surface area contributed by atoms with Crippen LogP contribution in [0.5, 0.6) is 0 Å². The molecule has 0 unspecified atom stereocenters. The van der Waals surface area contributed by atoms with Crippen LogP contribution in [0.1, 0.15) is 55.7 Å². The third-order valence-corrected chi connectivity index (χ3v) is 7.91. The van der Waals surface area contributed by atoms with Crippen molar-refractivity contribution in [1.82, 2.24) is 9.62 Å². The Morgan fingerprint density at radius 3 is 2.49 bits per heavy atom. The minimum Gasteiger partial charge on any atom is -0.384 e. The zero-order chi connectivity index (χ0) is 25.4. The van der Waals surface area contributed by atoms with Crippen molar-refractivity contribution in [3.05, 3.63) is 77.9 Å². The van der Waals surface area contributed by atoms with Crippen LogP contribution in [0.15, 0.2) is 66.1 Å². The Labute approximate surface area is 209 Å². The minimum absolute atomic E-state index is 0.0735. The Morgan fingerprint density at radius 2 is 1.89 bits per heavy atom. The summed E-state index contributed by atoms with van der Waals surface area (Å²) in [4.78, 5) is 15.7. The monoisotopic (exact) mass is 496 g/mol. The number of carbonyl (C=O) groups excluding carboxylic acids is 1. The number of nitrogens with zero attached hydrogens (tertiary/aromatic N) is 1. The van der Waals surface area contributed by atoms with E-state index in [4.69, 9.17) is 11.1 Å². The van der Waals surface area contributed by atoms with E-state index >= 15 is 0 Å². The predicted molar refractivity (Wildman–Crippen MR) is 140 cm³/mol. The molecule has 0 radical (unpaired) electrons. The summed E-state index contributed by atoms with van der Waals surface area (Å²) < 4.78 is 29.3. The van der Waals surface area contributed by atoms with Crippen LogP contribution in [-0.2, 0) is 27.7 Å². The SMILES string of the molecule is C=CCN(C(=O)[C@H](Cc1cccc(C(=N)N)c1)NS(=O)(=O)c1ccc(CCC)cc1)C1CCCC1. The minimum atomic E-state index is -3.95. The molecule has 1 amide bonds. The van der Waals surface area contributed by atoms with Crippen molar-refractivity contribution < 1.29 is 13.2 Å². The molecule has 0 spiro atoms. The fraction of sp³-hybridized carbons (Fsp3) is 0.407. The number of sulfonamides is 1. The number of nitrogen functional groups attached to an aromatic ring is 1. The van der Waals surface area contributed by atoms with Crippen LogP contribution in [0, 0.1) is 5.41 Å². The number of nitrogens with one attached hydrogen (secondary N) is 2. The van der Waals surface area contributed by atoms with Crippen molar-refractivity contribution in [3.63, 3.8) is 0 Å². The van der Waals surface area contributed by atoms with Crippen molar-refractivity contribution >= 4 is 21.8 Å². The number of benzene rings is 2. The van der Waals surface area contributed by atoms with Crippen LogP contribution >= 0.6 is 0 Å². The summed E-state index contributed by atoms with van der Waals surface area (Å²) in [6.07, 6.45) is 7.58. The third-order valence-electron chi connectivity index (χ3n) is 6.42. The van der Waals surface area contributed by atoms with Gasteiger partial charge in [-0.3, -0.25) is 10.2 Å². The van der Waals surface area contributed by atoms with E-state index in [-0.39, 0.29) is 29.1 Å². The molecule has 0 bridgehead atoms. The zero-order valence-corrected chi connectivity index (χ0v) is 21.2. The van der Waals surface area contributed by atoms with E-state index in [0.29, 0.717) is 12.1 Å². The molecule has 1 aliphatic carbocycles. The molecule has 35 heavy (non-hydrogen) atoms. The number of rotatable bonds is 12. The second-order valence-corrected chi connectivity index (χ2v) is 10.8. The first-order chi connectivity index (χ1) is 16.7. The van der Waals surface area contributed by atoms with E-state index < -0.39 is 16.1 Å². The second-order valence-electron chi connectivity index (χ2n) is 9.10. The van der Waals surface area contributed by atoms with Crippen LogP contribution in [0.2, 0.25) is 0 Å². The number of amidine groups is 1. The van der Waals surface area contributed by atoms with Gasteiger partial charge in [0.1, 0.15) is 11.9 Å². The van der Waals surface area contributed by atoms with Gasteiger partial charge in [0, 0.05) is 18.2 Å². The molecule has 1 aliphatic rings. The molecule has 0 heterocycles. The molecule has 2 aromatic rings. The smallest absolute Gasteiger partial charge is 0.241 e. The zero-order valence-electron chi connectivity index (χ0n) is 20.4. The average molecular weight is 497 g/mol. The van der Waals surface area contributed by atoms with Crippen LogP contribution in [-0.4, -0.2) is 43.7 Å². The number of nitrogens with two attached hydrogens (primary N) is 1. The highest BCUT2D eigenvalue weighted by Gasteiger charge is 2.33. The van der Waals surface area contributed by atoms with Gasteiger partial charge in [-0.15, -0.1) is 6.58 Å². The summed E-state index contributed by atoms with van der Waals surface area (Å²) in [5.41, 5.74) is 7.96. The topological polar surface area (TPSA) is 116 Å². The lowest BCUT2D eigenvalue weighted by atomic mass is 10.0. The van der Waals surface area contributed by atoms with E-state index in [1.165, 1.54) is 0 Å². The normalized spacial score (nSPS) is 15.0. The highest BCUT2D eigenvalue weighted by Crippen LogP contribution is 2.25. The predicted octanol–water partition coefficient (Wildman–Crippen LogP) is 3.77. The summed E-state index contributed by atoms with van der Waals surface area (Å²) in [5, 5.41) is 7.72. The average Bonchev–Trinajstić information content (AvgIpc) is 3.37. The van der Waals surface area contributed by atoms with E-state index in [1.54, 1.807) is 41.3 Å². The van der Waals surface area contributed by atoms with Gasteiger partial charge in [0.2, 0.25) is 15.9 Å². The van der Waals surface area contributed by atoms with Gasteiger partial charge in [-0.2, -0.15) is 4.72 Å². The Hall–Kier alpha value is -2.97. The maximum atomic E-state index is 13.8. The van der Waals surface area contributed by atoms with Crippen LogP contribution in [0.25, 0.3) is 0 Å². The van der Waals surface area contributed by atoms with Crippen molar-refractivity contribution in [2.75, 3.05) is 6.54 Å². The van der Waals surface area contributed by atoms with E-state index in [1.807, 2.05) is 18.2 Å². The van der Waals surface area contributed by atoms with Crippen LogP contribution in [0.3, 0.4) is 0 Å². The lowest BCUT2D eigenvalue weighted by molar-refractivity contribution is -0.134. The molecule has 0 aromatic heterocycles. The van der Waals surface area contributed by atoms with Gasteiger partial charge in [-0.05, 0) is 55.0 Å². The largest absolute Gasteiger partial charge is 0.384 e. The fourth-order valence-electron chi connectivity index (χ4n) is 4.63. The highest BCUT2D eigenvalue weighted by molar-refractivity contribution is 7.89. The molecule has 1 fully saturated rings. The third kappa shape index (κ3) is 7.02. The Morgan fingerprint density at radius 1 is 1.20 bits per heavy atom. The maximum absolute atomic E-state index is 13.8. The standard InChI is InChI=1S/C27H36N4O3S/c1-3-8-20-13-15-24(16-14-20)35(33,34)30-25(19-21-9-7-10-22(18-21)26(28)29)27(32)31(17-4-2)23-11-5-6-12-23/h4,7,9-10,13-16,18,23,25,30H,2-3,5-6,8,11-12,17,19H2,1H3,(H3,28,29)/t25-/m0/s1. The lowest BCUT2D eigenvalue weighted by Gasteiger charge is -2.32. The van der Waals surface area contributed by atoms with Gasteiger partial charge >= 0.3 is 0 Å². The molecule has 3 rings (SSSR count). The van der Waals surface area contributed by atoms with Crippen molar-refractivity contribution in [2.45, 2.75) is 68.8 Å². The van der Waals surface area contributed by atoms with E-state index in [0.717, 1.165) is 49.7 Å². The van der Waals surface area contributed by atoms with Crippen LogP contribution < -0.4 is 10.5 Å². The molecule has 4 N–H and O–H groups in total. The Balaban J connectivity index is 1.93. The number of hydrogen-bond donors (Lipinski definition) is 3. The first-order valence-corrected chi connectivity index (χ1v) is 13.7. The molecule has 188 valence electrons. The number of hydrogen-bond acceptors (Lipinski definition) is 4. The molecular formula is C27H36N4O3S. The maximum Gasteiger partial charge on any atom is 0.241 e. The number of amides is 1. The summed E-state index contributed by atoms with van der Waals surface area (Å²) in [6, 6.07) is 12.9. The van der Waals surface area contributed by atoms with Gasteiger partial charge in [-0.1, -0.05) is 62.6 Å². The van der Waals surface area contributed by atoms with Crippen molar-refractivity contribution in [1.29, 1.82) is 5.41 Å². The van der Waals surface area contributed by atoms with E-state index in [9.17, 15) is 13.2 Å². The quantitative estimate of drug-likeness (QED) is 0.236. The Bertz CT molecular complexity index is 1140. The van der Waals surface area contributed by atoms with Crippen molar-refractivity contribution in [3.8, 4) is 0 Å². The van der Waals surface area contributed by atoms with Gasteiger partial charge < -0.3 is 10.6 Å². The molecule has 2 aromatic carbocycles. The molecule has 0 aliphatic heterocycles. The lowest BCUT2D eigenvalue weighted by Crippen LogP contribution is -2.52. The van der Waals surface area contributed by atoms with E-state index in [2.05, 4.69) is 18.2 Å². The molecule has 0 saturated heterocycles. The van der Waals surface area contributed by atoms with Gasteiger partial charge in [0.15, 0.2) is 0 Å². The second kappa shape index (κ2) is 12.1. The Kier molecular flexibility index (Phi) is 9.23. The number of aryl methyl sites for hydroxylation is 1. The first-order valence-electron chi connectivity index (χ1n) is 12.2.